The zero-order valence-corrected chi connectivity index (χ0v) is 8.06. The minimum atomic E-state index is -0.834. The predicted octanol–water partition coefficient (Wildman–Crippen LogP) is 1.57. The molecule has 0 aliphatic rings. The van der Waals surface area contributed by atoms with Gasteiger partial charge in [0.25, 0.3) is 0 Å². The van der Waals surface area contributed by atoms with Crippen LogP contribution in [-0.2, 0) is 0 Å². The molecule has 0 saturated heterocycles. The SMILES string of the molecule is CCNC(CN)c1cccc(F)c1F. The lowest BCUT2D eigenvalue weighted by molar-refractivity contribution is 0.468. The molecule has 1 aromatic rings. The molecule has 14 heavy (non-hydrogen) atoms. The van der Waals surface area contributed by atoms with E-state index in [2.05, 4.69) is 5.32 Å². The Bertz CT molecular complexity index is 302. The number of likely N-dealkylation sites (N-methyl/N-ethyl adjacent to an activating group) is 1. The minimum absolute atomic E-state index is 0.244. The second kappa shape index (κ2) is 5.02. The van der Waals surface area contributed by atoms with Crippen molar-refractivity contribution >= 4 is 0 Å². The van der Waals surface area contributed by atoms with E-state index in [1.807, 2.05) is 6.92 Å². The summed E-state index contributed by atoms with van der Waals surface area (Å²) in [5.41, 5.74) is 5.74. The van der Waals surface area contributed by atoms with Crippen molar-refractivity contribution < 1.29 is 8.78 Å². The molecular formula is C10H14F2N2. The quantitative estimate of drug-likeness (QED) is 0.774. The van der Waals surface area contributed by atoms with E-state index in [-0.39, 0.29) is 18.2 Å². The van der Waals surface area contributed by atoms with Crippen molar-refractivity contribution in [2.24, 2.45) is 5.73 Å². The van der Waals surface area contributed by atoms with Gasteiger partial charge in [-0.3, -0.25) is 0 Å². The van der Waals surface area contributed by atoms with Crippen LogP contribution in [0.2, 0.25) is 0 Å². The number of hydrogen-bond donors (Lipinski definition) is 2. The van der Waals surface area contributed by atoms with Gasteiger partial charge >= 0.3 is 0 Å². The van der Waals surface area contributed by atoms with Gasteiger partial charge in [0.1, 0.15) is 0 Å². The molecule has 0 aromatic heterocycles. The monoisotopic (exact) mass is 200 g/mol. The van der Waals surface area contributed by atoms with Crippen LogP contribution >= 0.6 is 0 Å². The van der Waals surface area contributed by atoms with Crippen molar-refractivity contribution in [3.05, 3.63) is 35.4 Å². The van der Waals surface area contributed by atoms with E-state index in [1.165, 1.54) is 6.07 Å². The minimum Gasteiger partial charge on any atom is -0.329 e. The molecule has 0 fully saturated rings. The van der Waals surface area contributed by atoms with E-state index >= 15 is 0 Å². The third-order valence-corrected chi connectivity index (χ3v) is 2.04. The molecule has 0 heterocycles. The first kappa shape index (κ1) is 11.1. The Labute approximate surface area is 82.1 Å². The van der Waals surface area contributed by atoms with E-state index in [0.29, 0.717) is 6.54 Å². The normalized spacial score (nSPS) is 12.9. The molecule has 2 nitrogen and oxygen atoms in total. The molecule has 78 valence electrons. The second-order valence-corrected chi connectivity index (χ2v) is 2.99. The van der Waals surface area contributed by atoms with Gasteiger partial charge in [-0.15, -0.1) is 0 Å². The van der Waals surface area contributed by atoms with Gasteiger partial charge in [-0.25, -0.2) is 8.78 Å². The van der Waals surface area contributed by atoms with E-state index in [9.17, 15) is 8.78 Å². The Hall–Kier alpha value is -1.00. The molecule has 4 heteroatoms. The molecule has 0 spiro atoms. The smallest absolute Gasteiger partial charge is 0.163 e. The molecule has 1 rings (SSSR count). The maximum atomic E-state index is 13.3. The molecule has 0 aliphatic heterocycles. The summed E-state index contributed by atoms with van der Waals surface area (Å²) in [6.45, 7) is 2.80. The maximum Gasteiger partial charge on any atom is 0.163 e. The van der Waals surface area contributed by atoms with E-state index in [0.717, 1.165) is 6.07 Å². The highest BCUT2D eigenvalue weighted by Gasteiger charge is 2.15. The zero-order chi connectivity index (χ0) is 10.6. The highest BCUT2D eigenvalue weighted by molar-refractivity contribution is 5.22. The van der Waals surface area contributed by atoms with Crippen LogP contribution in [0.25, 0.3) is 0 Å². The molecule has 0 amide bonds. The average molecular weight is 200 g/mol. The standard InChI is InChI=1S/C10H14F2N2/c1-2-14-9(6-13)7-4-3-5-8(11)10(7)12/h3-5,9,14H,2,6,13H2,1H3. The molecule has 1 unspecified atom stereocenters. The predicted molar refractivity (Wildman–Crippen MR) is 51.8 cm³/mol. The van der Waals surface area contributed by atoms with Crippen molar-refractivity contribution in [2.75, 3.05) is 13.1 Å². The van der Waals surface area contributed by atoms with Gasteiger partial charge in [-0.1, -0.05) is 19.1 Å². The van der Waals surface area contributed by atoms with E-state index in [1.54, 1.807) is 6.07 Å². The lowest BCUT2D eigenvalue weighted by Crippen LogP contribution is -2.28. The molecule has 3 N–H and O–H groups in total. The van der Waals surface area contributed by atoms with Crippen molar-refractivity contribution in [3.63, 3.8) is 0 Å². The number of rotatable bonds is 4. The summed E-state index contributed by atoms with van der Waals surface area (Å²) in [5, 5.41) is 2.98. The van der Waals surface area contributed by atoms with Gasteiger partial charge in [0.2, 0.25) is 0 Å². The van der Waals surface area contributed by atoms with Crippen LogP contribution in [0.5, 0.6) is 0 Å². The lowest BCUT2D eigenvalue weighted by atomic mass is 10.1. The van der Waals surface area contributed by atoms with Crippen LogP contribution in [0, 0.1) is 11.6 Å². The Balaban J connectivity index is 2.97. The van der Waals surface area contributed by atoms with Gasteiger partial charge in [-0.2, -0.15) is 0 Å². The number of nitrogens with one attached hydrogen (secondary N) is 1. The lowest BCUT2D eigenvalue weighted by Gasteiger charge is -2.16. The van der Waals surface area contributed by atoms with Gasteiger partial charge < -0.3 is 11.1 Å². The summed E-state index contributed by atoms with van der Waals surface area (Å²) in [4.78, 5) is 0. The van der Waals surface area contributed by atoms with E-state index in [4.69, 9.17) is 5.73 Å². The first-order valence-electron chi connectivity index (χ1n) is 4.58. The Morgan fingerprint density at radius 1 is 1.43 bits per heavy atom. The molecule has 0 bridgehead atoms. The molecular weight excluding hydrogens is 186 g/mol. The van der Waals surface area contributed by atoms with Crippen molar-refractivity contribution in [2.45, 2.75) is 13.0 Å². The molecule has 1 atom stereocenters. The maximum absolute atomic E-state index is 13.3. The van der Waals surface area contributed by atoms with Crippen molar-refractivity contribution in [3.8, 4) is 0 Å². The Morgan fingerprint density at radius 2 is 2.14 bits per heavy atom. The fourth-order valence-corrected chi connectivity index (χ4v) is 1.36. The number of nitrogens with two attached hydrogens (primary N) is 1. The van der Waals surface area contributed by atoms with Gasteiger partial charge in [-0.05, 0) is 12.6 Å². The van der Waals surface area contributed by atoms with Crippen LogP contribution in [0.4, 0.5) is 8.78 Å². The van der Waals surface area contributed by atoms with Crippen LogP contribution in [0.15, 0.2) is 18.2 Å². The Morgan fingerprint density at radius 3 is 2.71 bits per heavy atom. The summed E-state index contributed by atoms with van der Waals surface area (Å²) < 4.78 is 26.2. The summed E-state index contributed by atoms with van der Waals surface area (Å²) in [6.07, 6.45) is 0. The van der Waals surface area contributed by atoms with Crippen LogP contribution in [0.1, 0.15) is 18.5 Å². The van der Waals surface area contributed by atoms with Crippen molar-refractivity contribution in [1.29, 1.82) is 0 Å². The van der Waals surface area contributed by atoms with Gasteiger partial charge in [0.05, 0.1) is 0 Å². The van der Waals surface area contributed by atoms with Crippen LogP contribution < -0.4 is 11.1 Å². The third kappa shape index (κ3) is 2.27. The topological polar surface area (TPSA) is 38.0 Å². The molecule has 0 saturated carbocycles. The number of benzene rings is 1. The summed E-state index contributed by atoms with van der Waals surface area (Å²) >= 11 is 0. The van der Waals surface area contributed by atoms with Crippen LogP contribution in [-0.4, -0.2) is 13.1 Å². The first-order valence-corrected chi connectivity index (χ1v) is 4.58. The number of halogens is 2. The third-order valence-electron chi connectivity index (χ3n) is 2.04. The van der Waals surface area contributed by atoms with Crippen LogP contribution in [0.3, 0.4) is 0 Å². The second-order valence-electron chi connectivity index (χ2n) is 2.99. The highest BCUT2D eigenvalue weighted by atomic mass is 19.2. The largest absolute Gasteiger partial charge is 0.329 e. The van der Waals surface area contributed by atoms with E-state index < -0.39 is 11.6 Å². The fourth-order valence-electron chi connectivity index (χ4n) is 1.36. The summed E-state index contributed by atoms with van der Waals surface area (Å²) in [5.74, 6) is -1.65. The molecule has 0 aliphatic carbocycles. The molecule has 0 radical (unpaired) electrons. The summed E-state index contributed by atoms with van der Waals surface area (Å²) in [6, 6.07) is 3.79. The highest BCUT2D eigenvalue weighted by Crippen LogP contribution is 2.18. The van der Waals surface area contributed by atoms with Crippen molar-refractivity contribution in [1.82, 2.24) is 5.32 Å². The first-order chi connectivity index (χ1) is 6.70. The van der Waals surface area contributed by atoms with Gasteiger partial charge in [0.15, 0.2) is 11.6 Å². The van der Waals surface area contributed by atoms with Gasteiger partial charge in [0, 0.05) is 18.2 Å². The Kier molecular flexibility index (Phi) is 3.98. The zero-order valence-electron chi connectivity index (χ0n) is 8.06. The fraction of sp³-hybridized carbons (Fsp3) is 0.400. The molecule has 1 aromatic carbocycles. The number of hydrogen-bond acceptors (Lipinski definition) is 2. The summed E-state index contributed by atoms with van der Waals surface area (Å²) in [7, 11) is 0. The average Bonchev–Trinajstić information content (AvgIpc) is 2.19.